The van der Waals surface area contributed by atoms with E-state index in [4.69, 9.17) is 9.47 Å². The van der Waals surface area contributed by atoms with E-state index >= 15 is 0 Å². The number of pyridine rings is 1. The fourth-order valence-corrected chi connectivity index (χ4v) is 3.46. The minimum Gasteiger partial charge on any atom is -0.486 e. The van der Waals surface area contributed by atoms with Gasteiger partial charge in [0, 0.05) is 23.1 Å². The molecule has 0 radical (unpaired) electrons. The Balaban J connectivity index is 1.33. The lowest BCUT2D eigenvalue weighted by molar-refractivity contribution is 0.101. The molecular weight excluding hydrogens is 408 g/mol. The number of fused-ring (bicyclic) bond motifs is 2. The maximum absolute atomic E-state index is 12.7. The maximum Gasteiger partial charge on any atom is 0.276 e. The molecular formula is C24H20N4O4. The van der Waals surface area contributed by atoms with Crippen LogP contribution in [0.3, 0.4) is 0 Å². The number of ether oxygens (including phenoxy) is 2. The lowest BCUT2D eigenvalue weighted by Crippen LogP contribution is -2.17. The molecule has 2 aromatic carbocycles. The third-order valence-electron chi connectivity index (χ3n) is 5.15. The van der Waals surface area contributed by atoms with Crippen molar-refractivity contribution >= 4 is 28.7 Å². The van der Waals surface area contributed by atoms with Gasteiger partial charge in [-0.15, -0.1) is 0 Å². The van der Waals surface area contributed by atoms with Crippen molar-refractivity contribution in [2.45, 2.75) is 6.92 Å². The van der Waals surface area contributed by atoms with Crippen LogP contribution in [0.1, 0.15) is 26.4 Å². The molecule has 3 heterocycles. The molecule has 2 aromatic heterocycles. The van der Waals surface area contributed by atoms with Crippen LogP contribution in [-0.4, -0.2) is 34.6 Å². The van der Waals surface area contributed by atoms with Crippen molar-refractivity contribution in [3.05, 3.63) is 83.7 Å². The monoisotopic (exact) mass is 428 g/mol. The van der Waals surface area contributed by atoms with Gasteiger partial charge in [0.05, 0.1) is 5.52 Å². The third kappa shape index (κ3) is 3.85. The van der Waals surface area contributed by atoms with Crippen molar-refractivity contribution in [3.8, 4) is 11.5 Å². The van der Waals surface area contributed by atoms with Crippen LogP contribution in [0.2, 0.25) is 0 Å². The molecule has 8 nitrogen and oxygen atoms in total. The summed E-state index contributed by atoms with van der Waals surface area (Å²) in [6, 6.07) is 17.7. The molecule has 2 N–H and O–H groups in total. The van der Waals surface area contributed by atoms with E-state index in [0.29, 0.717) is 47.3 Å². The Morgan fingerprint density at radius 1 is 0.906 bits per heavy atom. The van der Waals surface area contributed by atoms with E-state index in [2.05, 4.69) is 15.7 Å². The van der Waals surface area contributed by atoms with Crippen molar-refractivity contribution < 1.29 is 19.1 Å². The number of anilines is 2. The van der Waals surface area contributed by atoms with Gasteiger partial charge >= 0.3 is 0 Å². The molecule has 0 saturated heterocycles. The predicted molar refractivity (Wildman–Crippen MR) is 120 cm³/mol. The normalized spacial score (nSPS) is 12.4. The van der Waals surface area contributed by atoms with Crippen LogP contribution in [0, 0.1) is 6.92 Å². The fraction of sp³-hybridized carbons (Fsp3) is 0.125. The van der Waals surface area contributed by atoms with Crippen molar-refractivity contribution in [1.82, 2.24) is 9.61 Å². The summed E-state index contributed by atoms with van der Waals surface area (Å²) in [5.74, 6) is 0.559. The maximum atomic E-state index is 12.7. The minimum atomic E-state index is -0.327. The number of nitrogens with zero attached hydrogens (tertiary/aromatic N) is 2. The minimum absolute atomic E-state index is 0.288. The summed E-state index contributed by atoms with van der Waals surface area (Å²) in [7, 11) is 0. The van der Waals surface area contributed by atoms with E-state index in [0.717, 1.165) is 11.1 Å². The lowest BCUT2D eigenvalue weighted by atomic mass is 10.1. The Hall–Kier alpha value is -4.33. The van der Waals surface area contributed by atoms with Crippen LogP contribution in [0.5, 0.6) is 11.5 Å². The first kappa shape index (κ1) is 19.6. The van der Waals surface area contributed by atoms with Crippen LogP contribution in [0.15, 0.2) is 66.9 Å². The molecule has 0 atom stereocenters. The number of aryl methyl sites for hydroxylation is 1. The molecule has 0 fully saturated rings. The summed E-state index contributed by atoms with van der Waals surface area (Å²) < 4.78 is 12.7. The second-order valence-corrected chi connectivity index (χ2v) is 7.40. The van der Waals surface area contributed by atoms with Gasteiger partial charge in [0.2, 0.25) is 0 Å². The molecule has 0 bridgehead atoms. The number of nitrogens with one attached hydrogen (secondary N) is 2. The van der Waals surface area contributed by atoms with Gasteiger partial charge in [0.15, 0.2) is 17.2 Å². The molecule has 8 heteroatoms. The summed E-state index contributed by atoms with van der Waals surface area (Å²) in [5, 5.41) is 10.0. The highest BCUT2D eigenvalue weighted by molar-refractivity contribution is 6.06. The highest BCUT2D eigenvalue weighted by Gasteiger charge is 2.16. The molecule has 2 amide bonds. The number of carbonyl (C=O) groups is 2. The average molecular weight is 428 g/mol. The number of hydrogen-bond acceptors (Lipinski definition) is 5. The van der Waals surface area contributed by atoms with E-state index in [1.165, 1.54) is 0 Å². The Kier molecular flexibility index (Phi) is 4.95. The first-order valence-electron chi connectivity index (χ1n) is 10.1. The van der Waals surface area contributed by atoms with E-state index in [1.54, 1.807) is 47.1 Å². The molecule has 0 unspecified atom stereocenters. The quantitative estimate of drug-likeness (QED) is 0.514. The number of carbonyl (C=O) groups excluding carboxylic acids is 2. The van der Waals surface area contributed by atoms with E-state index in [9.17, 15) is 9.59 Å². The highest BCUT2D eigenvalue weighted by Crippen LogP contribution is 2.31. The summed E-state index contributed by atoms with van der Waals surface area (Å²) in [4.78, 5) is 25.5. The summed E-state index contributed by atoms with van der Waals surface area (Å²) in [6.07, 6.45) is 1.78. The largest absolute Gasteiger partial charge is 0.486 e. The number of amides is 2. The molecule has 160 valence electrons. The first-order valence-corrected chi connectivity index (χ1v) is 10.1. The van der Waals surface area contributed by atoms with Crippen LogP contribution in [-0.2, 0) is 0 Å². The first-order chi connectivity index (χ1) is 15.6. The van der Waals surface area contributed by atoms with Crippen LogP contribution in [0.4, 0.5) is 11.4 Å². The van der Waals surface area contributed by atoms with Crippen LogP contribution in [0.25, 0.3) is 5.52 Å². The second kappa shape index (κ2) is 8.07. The average Bonchev–Trinajstić information content (AvgIpc) is 3.25. The molecule has 0 aliphatic carbocycles. The second-order valence-electron chi connectivity index (χ2n) is 7.40. The molecule has 4 aromatic rings. The Labute approximate surface area is 183 Å². The van der Waals surface area contributed by atoms with Crippen molar-refractivity contribution in [2.24, 2.45) is 0 Å². The van der Waals surface area contributed by atoms with Crippen molar-refractivity contribution in [3.63, 3.8) is 0 Å². The smallest absolute Gasteiger partial charge is 0.276 e. The zero-order valence-corrected chi connectivity index (χ0v) is 17.3. The van der Waals surface area contributed by atoms with Crippen LogP contribution < -0.4 is 20.1 Å². The van der Waals surface area contributed by atoms with Gasteiger partial charge in [-0.3, -0.25) is 9.59 Å². The Morgan fingerprint density at radius 3 is 2.59 bits per heavy atom. The predicted octanol–water partition coefficient (Wildman–Crippen LogP) is 3.92. The van der Waals surface area contributed by atoms with Gasteiger partial charge in [-0.2, -0.15) is 5.10 Å². The van der Waals surface area contributed by atoms with Gasteiger partial charge in [0.1, 0.15) is 13.2 Å². The van der Waals surface area contributed by atoms with Gasteiger partial charge in [-0.1, -0.05) is 12.1 Å². The van der Waals surface area contributed by atoms with Gasteiger partial charge in [-0.25, -0.2) is 4.52 Å². The molecule has 0 spiro atoms. The van der Waals surface area contributed by atoms with Gasteiger partial charge < -0.3 is 20.1 Å². The highest BCUT2D eigenvalue weighted by atomic mass is 16.6. The summed E-state index contributed by atoms with van der Waals surface area (Å²) >= 11 is 0. The van der Waals surface area contributed by atoms with E-state index in [-0.39, 0.29) is 11.8 Å². The number of hydrogen-bond donors (Lipinski definition) is 2. The molecule has 0 saturated carbocycles. The molecule has 5 rings (SSSR count). The zero-order valence-electron chi connectivity index (χ0n) is 17.3. The van der Waals surface area contributed by atoms with E-state index < -0.39 is 0 Å². The number of rotatable bonds is 4. The van der Waals surface area contributed by atoms with Gasteiger partial charge in [-0.05, 0) is 61.0 Å². The SMILES string of the molecule is Cc1ccc(NC(=O)c2ccc3c(c2)OCCO3)cc1NC(=O)c1cc2ccccn2n1. The zero-order chi connectivity index (χ0) is 22.1. The number of benzene rings is 2. The topological polar surface area (TPSA) is 94.0 Å². The van der Waals surface area contributed by atoms with E-state index in [1.807, 2.05) is 31.2 Å². The standard InChI is InChI=1S/C24H20N4O4/c1-15-5-7-17(25-23(29)16-6-8-21-22(12-16)32-11-10-31-21)13-19(15)26-24(30)20-14-18-4-2-3-9-28(18)27-20/h2-9,12-14H,10-11H2,1H3,(H,25,29)(H,26,30). The third-order valence-corrected chi connectivity index (χ3v) is 5.15. The summed E-state index contributed by atoms with van der Waals surface area (Å²) in [6.45, 7) is 2.82. The summed E-state index contributed by atoms with van der Waals surface area (Å²) in [5.41, 5.74) is 3.59. The number of aromatic nitrogens is 2. The Morgan fingerprint density at radius 2 is 1.75 bits per heavy atom. The van der Waals surface area contributed by atoms with Crippen molar-refractivity contribution in [1.29, 1.82) is 0 Å². The fourth-order valence-electron chi connectivity index (χ4n) is 3.46. The van der Waals surface area contributed by atoms with Gasteiger partial charge in [0.25, 0.3) is 11.8 Å². The molecule has 32 heavy (non-hydrogen) atoms. The molecule has 1 aliphatic rings. The lowest BCUT2D eigenvalue weighted by Gasteiger charge is -2.18. The van der Waals surface area contributed by atoms with Crippen molar-refractivity contribution in [2.75, 3.05) is 23.8 Å². The molecule has 1 aliphatic heterocycles. The van der Waals surface area contributed by atoms with Crippen LogP contribution >= 0.6 is 0 Å². The Bertz CT molecular complexity index is 1310.